The molecule has 0 saturated heterocycles. The van der Waals surface area contributed by atoms with Gasteiger partial charge in [-0.05, 0) is 57.4 Å². The van der Waals surface area contributed by atoms with Gasteiger partial charge >= 0.3 is 0 Å². The minimum Gasteiger partial charge on any atom is -0.393 e. The number of benzene rings is 1. The summed E-state index contributed by atoms with van der Waals surface area (Å²) in [6.45, 7) is 0. The molecule has 1 aromatic carbocycles. The monoisotopic (exact) mass is 519 g/mol. The number of carbonyl (C=O) groups is 1. The Bertz CT molecular complexity index is 1260. The van der Waals surface area contributed by atoms with Crippen molar-refractivity contribution >= 4 is 46.3 Å². The van der Waals surface area contributed by atoms with Crippen molar-refractivity contribution in [3.63, 3.8) is 0 Å². The molecule has 2 fully saturated rings. The summed E-state index contributed by atoms with van der Waals surface area (Å²) in [5, 5.41) is 16.1. The van der Waals surface area contributed by atoms with Gasteiger partial charge in [-0.3, -0.25) is 9.36 Å². The number of amides is 1. The summed E-state index contributed by atoms with van der Waals surface area (Å²) in [5.41, 5.74) is 6.44. The van der Waals surface area contributed by atoms with Crippen LogP contribution in [0.5, 0.6) is 0 Å². The Kier molecular flexibility index (Phi) is 6.94. The highest BCUT2D eigenvalue weighted by atomic mass is 35.5. The van der Waals surface area contributed by atoms with Crippen molar-refractivity contribution in [2.45, 2.75) is 69.6 Å². The van der Waals surface area contributed by atoms with Crippen LogP contribution in [-0.2, 0) is 4.79 Å². The van der Waals surface area contributed by atoms with Crippen LogP contribution in [0.3, 0.4) is 0 Å². The number of rotatable bonds is 6. The quantitative estimate of drug-likeness (QED) is 0.379. The molecule has 3 aromatic rings. The molecule has 2 saturated carbocycles. The number of aliphatic hydroxyl groups excluding tert-OH is 1. The van der Waals surface area contributed by atoms with Gasteiger partial charge in [0.25, 0.3) is 0 Å². The third kappa shape index (κ3) is 5.08. The van der Waals surface area contributed by atoms with E-state index in [0.717, 1.165) is 31.4 Å². The van der Waals surface area contributed by atoms with Crippen molar-refractivity contribution in [2.75, 3.05) is 10.6 Å². The van der Waals surface area contributed by atoms with Crippen LogP contribution in [0.25, 0.3) is 11.2 Å². The van der Waals surface area contributed by atoms with Gasteiger partial charge in [-0.15, -0.1) is 0 Å². The largest absolute Gasteiger partial charge is 0.393 e. The topological polar surface area (TPSA) is 131 Å². The molecule has 0 unspecified atom stereocenters. The Hall–Kier alpha value is -3.05. The highest BCUT2D eigenvalue weighted by Crippen LogP contribution is 2.38. The second-order valence-electron chi connectivity index (χ2n) is 9.65. The van der Waals surface area contributed by atoms with E-state index >= 15 is 0 Å². The third-order valence-electron chi connectivity index (χ3n) is 7.12. The molecule has 2 aromatic heterocycles. The minimum atomic E-state index is -0.847. The first-order chi connectivity index (χ1) is 17.3. The van der Waals surface area contributed by atoms with E-state index in [0.29, 0.717) is 55.2 Å². The first-order valence-corrected chi connectivity index (χ1v) is 12.6. The predicted molar refractivity (Wildman–Crippen MR) is 132 cm³/mol. The first kappa shape index (κ1) is 24.6. The van der Waals surface area contributed by atoms with Gasteiger partial charge in [-0.2, -0.15) is 4.98 Å². The fourth-order valence-electron chi connectivity index (χ4n) is 5.26. The van der Waals surface area contributed by atoms with E-state index in [4.69, 9.17) is 22.3 Å². The molecule has 5 N–H and O–H groups in total. The molecule has 1 amide bonds. The maximum Gasteiger partial charge on any atom is 0.224 e. The Labute approximate surface area is 211 Å². The summed E-state index contributed by atoms with van der Waals surface area (Å²) in [4.78, 5) is 25.4. The number of nitrogens with two attached hydrogens (primary N) is 1. The van der Waals surface area contributed by atoms with E-state index in [9.17, 15) is 18.7 Å². The summed E-state index contributed by atoms with van der Waals surface area (Å²) in [6, 6.07) is 1.74. The van der Waals surface area contributed by atoms with Crippen LogP contribution < -0.4 is 16.4 Å². The number of nitrogens with zero attached hydrogens (tertiary/aromatic N) is 4. The molecule has 0 radical (unpaired) electrons. The number of nitrogens with one attached hydrogen (secondary N) is 2. The number of fused-ring (bicyclic) bond motifs is 1. The molecule has 2 aliphatic carbocycles. The van der Waals surface area contributed by atoms with Crippen molar-refractivity contribution < 1.29 is 18.7 Å². The zero-order valence-electron chi connectivity index (χ0n) is 19.6. The molecular weight excluding hydrogens is 492 g/mol. The predicted octanol–water partition coefficient (Wildman–Crippen LogP) is 4.43. The first-order valence-electron chi connectivity index (χ1n) is 12.2. The molecule has 2 heterocycles. The van der Waals surface area contributed by atoms with Gasteiger partial charge in [-0.1, -0.05) is 11.6 Å². The number of carbonyl (C=O) groups excluding carboxylic acids is 1. The fourth-order valence-corrected chi connectivity index (χ4v) is 5.51. The summed E-state index contributed by atoms with van der Waals surface area (Å²) < 4.78 is 30.1. The van der Waals surface area contributed by atoms with E-state index < -0.39 is 11.6 Å². The highest BCUT2D eigenvalue weighted by Gasteiger charge is 2.30. The van der Waals surface area contributed by atoms with Crippen molar-refractivity contribution in [1.82, 2.24) is 19.5 Å². The lowest BCUT2D eigenvalue weighted by molar-refractivity contribution is -0.122. The Balaban J connectivity index is 1.51. The van der Waals surface area contributed by atoms with E-state index in [1.807, 2.05) is 4.57 Å². The lowest BCUT2D eigenvalue weighted by Gasteiger charge is -2.29. The Morgan fingerprint density at radius 3 is 2.61 bits per heavy atom. The maximum atomic E-state index is 14.6. The zero-order valence-corrected chi connectivity index (χ0v) is 20.3. The molecule has 36 heavy (non-hydrogen) atoms. The van der Waals surface area contributed by atoms with Gasteiger partial charge in [0.15, 0.2) is 11.5 Å². The third-order valence-corrected chi connectivity index (χ3v) is 7.42. The Morgan fingerprint density at radius 1 is 1.14 bits per heavy atom. The van der Waals surface area contributed by atoms with Crippen LogP contribution in [0.2, 0.25) is 5.02 Å². The lowest BCUT2D eigenvalue weighted by Crippen LogP contribution is -2.30. The van der Waals surface area contributed by atoms with E-state index in [1.165, 1.54) is 0 Å². The number of primary amides is 1. The number of imidazole rings is 1. The van der Waals surface area contributed by atoms with Crippen LogP contribution in [0, 0.1) is 17.6 Å². The summed E-state index contributed by atoms with van der Waals surface area (Å²) >= 11 is 6.13. The van der Waals surface area contributed by atoms with Gasteiger partial charge in [0.05, 0.1) is 23.0 Å². The molecule has 2 atom stereocenters. The number of anilines is 3. The number of hydrogen-bond donors (Lipinski definition) is 4. The molecule has 9 nitrogen and oxygen atoms in total. The fraction of sp³-hybridized carbons (Fsp3) is 0.500. The van der Waals surface area contributed by atoms with Crippen molar-refractivity contribution in [1.29, 1.82) is 0 Å². The smallest absolute Gasteiger partial charge is 0.224 e. The maximum absolute atomic E-state index is 14.6. The number of aromatic nitrogens is 4. The Morgan fingerprint density at radius 2 is 1.92 bits per heavy atom. The molecule has 0 bridgehead atoms. The van der Waals surface area contributed by atoms with Crippen LogP contribution >= 0.6 is 11.6 Å². The molecule has 2 aliphatic rings. The minimum absolute atomic E-state index is 0.0540. The highest BCUT2D eigenvalue weighted by molar-refractivity contribution is 6.33. The second kappa shape index (κ2) is 10.1. The number of hydrogen-bond acceptors (Lipinski definition) is 7. The van der Waals surface area contributed by atoms with E-state index in [2.05, 4.69) is 20.6 Å². The van der Waals surface area contributed by atoms with Crippen molar-refractivity contribution in [3.05, 3.63) is 35.0 Å². The van der Waals surface area contributed by atoms with Crippen LogP contribution in [-0.4, -0.2) is 42.7 Å². The zero-order chi connectivity index (χ0) is 25.4. The van der Waals surface area contributed by atoms with Gasteiger partial charge in [0, 0.05) is 24.1 Å². The van der Waals surface area contributed by atoms with Gasteiger partial charge in [0.2, 0.25) is 17.8 Å². The van der Waals surface area contributed by atoms with Crippen LogP contribution in [0.1, 0.15) is 57.4 Å². The second-order valence-corrected chi connectivity index (χ2v) is 10.1. The normalized spacial score (nSPS) is 24.6. The summed E-state index contributed by atoms with van der Waals surface area (Å²) in [6.07, 6.45) is 6.99. The molecular formula is C24H28ClF2N7O2. The van der Waals surface area contributed by atoms with E-state index in [1.54, 1.807) is 6.20 Å². The summed E-state index contributed by atoms with van der Waals surface area (Å²) in [7, 11) is 0. The van der Waals surface area contributed by atoms with Gasteiger partial charge in [0.1, 0.15) is 11.3 Å². The van der Waals surface area contributed by atoms with E-state index in [-0.39, 0.29) is 40.7 Å². The van der Waals surface area contributed by atoms with Gasteiger partial charge < -0.3 is 21.5 Å². The average Bonchev–Trinajstić information content (AvgIpc) is 3.18. The van der Waals surface area contributed by atoms with Crippen molar-refractivity contribution in [3.8, 4) is 0 Å². The standard InChI is InChI=1S/C24H28ClF2N7O2/c25-17-8-13(26)9-18(27)20(17)32-24-31-19-11-29-23(30-14-2-1-3-16(35)10-14)33-22(19)34(24)15-6-4-12(5-7-15)21(28)36/h8-9,11-12,14-16,35H,1-7,10H2,(H2,28,36)(H,31,32)(H,29,30,33)/t12-,14-,15+,16+/m1/s1. The molecule has 12 heteroatoms. The summed E-state index contributed by atoms with van der Waals surface area (Å²) in [5.74, 6) is -1.44. The molecule has 192 valence electrons. The molecule has 0 aliphatic heterocycles. The molecule has 0 spiro atoms. The van der Waals surface area contributed by atoms with Crippen LogP contribution in [0.15, 0.2) is 18.3 Å². The van der Waals surface area contributed by atoms with Crippen molar-refractivity contribution in [2.24, 2.45) is 11.7 Å². The average molecular weight is 520 g/mol. The van der Waals surface area contributed by atoms with Gasteiger partial charge in [-0.25, -0.2) is 18.7 Å². The lowest BCUT2D eigenvalue weighted by atomic mass is 9.85. The SMILES string of the molecule is NC(=O)[C@H]1CC[C@@H](n2c(Nc3c(F)cc(F)cc3Cl)nc3cnc(N[C@@H]4CCC[C@H](O)C4)nc32)CC1. The number of aliphatic hydroxyl groups is 1. The number of halogens is 3. The molecule has 5 rings (SSSR count). The van der Waals surface area contributed by atoms with Crippen LogP contribution in [0.4, 0.5) is 26.4 Å².